The zero-order valence-corrected chi connectivity index (χ0v) is 15.8. The van der Waals surface area contributed by atoms with Crippen molar-refractivity contribution in [2.45, 2.75) is 52.1 Å². The molecule has 1 saturated heterocycles. The lowest BCUT2D eigenvalue weighted by Gasteiger charge is -2.41. The highest BCUT2D eigenvalue weighted by molar-refractivity contribution is 5.79. The molecule has 0 bridgehead atoms. The van der Waals surface area contributed by atoms with Gasteiger partial charge in [-0.1, -0.05) is 13.3 Å². The van der Waals surface area contributed by atoms with Gasteiger partial charge in [-0.25, -0.2) is 0 Å². The second-order valence-electron chi connectivity index (χ2n) is 7.50. The maximum atomic E-state index is 4.36. The van der Waals surface area contributed by atoms with E-state index in [1.54, 1.807) is 0 Å². The number of nitrogens with one attached hydrogen (secondary N) is 2. The quantitative estimate of drug-likeness (QED) is 0.591. The smallest absolute Gasteiger partial charge is 0.191 e. The summed E-state index contributed by atoms with van der Waals surface area (Å²) in [5.41, 5.74) is 0.152. The summed E-state index contributed by atoms with van der Waals surface area (Å²) in [7, 11) is 1.83. The van der Waals surface area contributed by atoms with Gasteiger partial charge in [0.15, 0.2) is 5.96 Å². The van der Waals surface area contributed by atoms with Gasteiger partial charge in [0.05, 0.1) is 0 Å². The molecule has 136 valence electrons. The van der Waals surface area contributed by atoms with Gasteiger partial charge in [0, 0.05) is 44.6 Å². The van der Waals surface area contributed by atoms with Crippen LogP contribution in [0, 0.1) is 5.92 Å². The highest BCUT2D eigenvalue weighted by Gasteiger charge is 2.27. The molecule has 0 saturated carbocycles. The topological polar surface area (TPSA) is 57.5 Å². The lowest BCUT2D eigenvalue weighted by Crippen LogP contribution is -2.55. The Morgan fingerprint density at radius 3 is 2.62 bits per heavy atom. The Bertz CT molecular complexity index is 488. The zero-order chi connectivity index (χ0) is 17.4. The molecule has 24 heavy (non-hydrogen) atoms. The van der Waals surface area contributed by atoms with E-state index in [9.17, 15) is 0 Å². The molecule has 0 radical (unpaired) electrons. The zero-order valence-electron chi connectivity index (χ0n) is 15.8. The molecular formula is C18H34N6. The van der Waals surface area contributed by atoms with Crippen LogP contribution in [0.15, 0.2) is 23.5 Å². The molecule has 2 rings (SSSR count). The van der Waals surface area contributed by atoms with Gasteiger partial charge in [0.1, 0.15) is 0 Å². The van der Waals surface area contributed by atoms with Gasteiger partial charge in [0.25, 0.3) is 0 Å². The summed E-state index contributed by atoms with van der Waals surface area (Å²) in [6.07, 6.45) is 7.84. The minimum atomic E-state index is 0.152. The second kappa shape index (κ2) is 9.06. The summed E-state index contributed by atoms with van der Waals surface area (Å²) in [5.74, 6) is 1.37. The van der Waals surface area contributed by atoms with Crippen molar-refractivity contribution in [3.8, 4) is 0 Å². The normalized spacial score (nSPS) is 18.4. The van der Waals surface area contributed by atoms with E-state index >= 15 is 0 Å². The molecule has 1 aromatic rings. The van der Waals surface area contributed by atoms with Crippen molar-refractivity contribution in [3.63, 3.8) is 0 Å². The second-order valence-corrected chi connectivity index (χ2v) is 7.50. The van der Waals surface area contributed by atoms with E-state index < -0.39 is 0 Å². The van der Waals surface area contributed by atoms with Gasteiger partial charge >= 0.3 is 0 Å². The fourth-order valence-corrected chi connectivity index (χ4v) is 3.19. The van der Waals surface area contributed by atoms with Crippen LogP contribution in [-0.4, -0.2) is 59.4 Å². The van der Waals surface area contributed by atoms with Crippen molar-refractivity contribution in [2.75, 3.05) is 33.2 Å². The third-order valence-electron chi connectivity index (χ3n) is 4.80. The van der Waals surface area contributed by atoms with Crippen molar-refractivity contribution in [1.82, 2.24) is 25.3 Å². The van der Waals surface area contributed by atoms with Crippen molar-refractivity contribution in [2.24, 2.45) is 10.9 Å². The van der Waals surface area contributed by atoms with Gasteiger partial charge in [0.2, 0.25) is 0 Å². The van der Waals surface area contributed by atoms with Crippen LogP contribution in [0.25, 0.3) is 0 Å². The predicted octanol–water partition coefficient (Wildman–Crippen LogP) is 1.95. The van der Waals surface area contributed by atoms with E-state index in [4.69, 9.17) is 0 Å². The predicted molar refractivity (Wildman–Crippen MR) is 100 cm³/mol. The Hall–Kier alpha value is -1.56. The van der Waals surface area contributed by atoms with Crippen LogP contribution >= 0.6 is 0 Å². The number of piperidine rings is 1. The van der Waals surface area contributed by atoms with E-state index in [0.717, 1.165) is 25.6 Å². The molecule has 6 heteroatoms. The summed E-state index contributed by atoms with van der Waals surface area (Å²) in [5, 5.41) is 11.2. The fraction of sp³-hybridized carbons (Fsp3) is 0.778. The number of hydrogen-bond donors (Lipinski definition) is 2. The van der Waals surface area contributed by atoms with Gasteiger partial charge in [-0.2, -0.15) is 5.10 Å². The molecule has 1 atom stereocenters. The molecule has 0 aromatic carbocycles. The largest absolute Gasteiger partial charge is 0.356 e. The van der Waals surface area contributed by atoms with Crippen molar-refractivity contribution in [1.29, 1.82) is 0 Å². The fourth-order valence-electron chi connectivity index (χ4n) is 3.19. The Labute approximate surface area is 146 Å². The molecule has 1 aliphatic heterocycles. The maximum absolute atomic E-state index is 4.36. The molecule has 0 amide bonds. The first-order valence-corrected chi connectivity index (χ1v) is 9.18. The summed E-state index contributed by atoms with van der Waals surface area (Å²) in [6.45, 7) is 12.0. The molecule has 0 spiro atoms. The Balaban J connectivity index is 1.73. The molecule has 1 unspecified atom stereocenters. The number of hydrogen-bond acceptors (Lipinski definition) is 3. The first kappa shape index (κ1) is 18.8. The lowest BCUT2D eigenvalue weighted by atomic mass is 9.98. The Morgan fingerprint density at radius 1 is 1.25 bits per heavy atom. The Kier molecular flexibility index (Phi) is 7.09. The summed E-state index contributed by atoms with van der Waals surface area (Å²) in [4.78, 5) is 6.95. The van der Waals surface area contributed by atoms with Crippen LogP contribution in [0.1, 0.15) is 40.0 Å². The first-order valence-electron chi connectivity index (χ1n) is 9.18. The highest BCUT2D eigenvalue weighted by Crippen LogP contribution is 2.19. The standard InChI is InChI=1S/C18H34N6/c1-16(14-24-12-8-9-22-24)13-20-17(19-4)21-15-18(2,3)23-10-6-5-7-11-23/h8-9,12,16H,5-7,10-11,13-15H2,1-4H3,(H2,19,20,21). The van der Waals surface area contributed by atoms with E-state index in [1.165, 1.54) is 32.4 Å². The van der Waals surface area contributed by atoms with Crippen molar-refractivity contribution in [3.05, 3.63) is 18.5 Å². The summed E-state index contributed by atoms with van der Waals surface area (Å²) >= 11 is 0. The van der Waals surface area contributed by atoms with Gasteiger partial charge in [-0.3, -0.25) is 14.6 Å². The van der Waals surface area contributed by atoms with Crippen LogP contribution < -0.4 is 10.6 Å². The average molecular weight is 335 g/mol. The van der Waals surface area contributed by atoms with E-state index in [2.05, 4.69) is 46.4 Å². The van der Waals surface area contributed by atoms with Crippen LogP contribution in [0.3, 0.4) is 0 Å². The molecule has 1 aromatic heterocycles. The summed E-state index contributed by atoms with van der Waals surface area (Å²) < 4.78 is 1.97. The van der Waals surface area contributed by atoms with Crippen molar-refractivity contribution < 1.29 is 0 Å². The third-order valence-corrected chi connectivity index (χ3v) is 4.80. The van der Waals surface area contributed by atoms with E-state index in [0.29, 0.717) is 5.92 Å². The average Bonchev–Trinajstić information content (AvgIpc) is 3.08. The minimum Gasteiger partial charge on any atom is -0.356 e. The Morgan fingerprint density at radius 2 is 2.00 bits per heavy atom. The highest BCUT2D eigenvalue weighted by atomic mass is 15.3. The van der Waals surface area contributed by atoms with Gasteiger partial charge in [-0.05, 0) is 51.8 Å². The number of nitrogens with zero attached hydrogens (tertiary/aromatic N) is 4. The monoisotopic (exact) mass is 334 g/mol. The molecule has 6 nitrogen and oxygen atoms in total. The summed E-state index contributed by atoms with van der Waals surface area (Å²) in [6, 6.07) is 1.96. The first-order chi connectivity index (χ1) is 11.5. The lowest BCUT2D eigenvalue weighted by molar-refractivity contribution is 0.0982. The number of likely N-dealkylation sites (tertiary alicyclic amines) is 1. The molecule has 2 heterocycles. The molecule has 1 aliphatic rings. The molecule has 1 fully saturated rings. The number of guanidine groups is 1. The maximum Gasteiger partial charge on any atom is 0.191 e. The SMILES string of the molecule is CN=C(NCC(C)Cn1cccn1)NCC(C)(C)N1CCCCC1. The molecular weight excluding hydrogens is 300 g/mol. The van der Waals surface area contributed by atoms with E-state index in [-0.39, 0.29) is 5.54 Å². The molecule has 0 aliphatic carbocycles. The van der Waals surface area contributed by atoms with Crippen LogP contribution in [0.2, 0.25) is 0 Å². The van der Waals surface area contributed by atoms with Crippen LogP contribution in [0.5, 0.6) is 0 Å². The number of aliphatic imine (C=N–C) groups is 1. The van der Waals surface area contributed by atoms with Crippen LogP contribution in [0.4, 0.5) is 0 Å². The number of rotatable bonds is 7. The van der Waals surface area contributed by atoms with Crippen molar-refractivity contribution >= 4 is 5.96 Å². The minimum absolute atomic E-state index is 0.152. The van der Waals surface area contributed by atoms with Crippen LogP contribution in [-0.2, 0) is 6.54 Å². The number of aromatic nitrogens is 2. The third kappa shape index (κ3) is 5.82. The van der Waals surface area contributed by atoms with E-state index in [1.807, 2.05) is 30.2 Å². The van der Waals surface area contributed by atoms with Gasteiger partial charge in [-0.15, -0.1) is 0 Å². The van der Waals surface area contributed by atoms with Gasteiger partial charge < -0.3 is 10.6 Å². The molecule has 2 N–H and O–H groups in total.